The fourth-order valence-corrected chi connectivity index (χ4v) is 4.38. The minimum atomic E-state index is -3.79. The zero-order valence-electron chi connectivity index (χ0n) is 11.8. The first-order valence-electron chi connectivity index (χ1n) is 6.46. The molecule has 7 heteroatoms. The van der Waals surface area contributed by atoms with Crippen LogP contribution in [0.15, 0.2) is 17.0 Å². The van der Waals surface area contributed by atoms with Gasteiger partial charge in [-0.2, -0.15) is 0 Å². The monoisotopic (exact) mass is 349 g/mol. The Labute approximate surface area is 135 Å². The van der Waals surface area contributed by atoms with E-state index in [4.69, 9.17) is 28.3 Å². The second-order valence-corrected chi connectivity index (χ2v) is 6.83. The Morgan fingerprint density at radius 3 is 2.19 bits per heavy atom. The largest absolute Gasteiger partial charge is 0.384 e. The van der Waals surface area contributed by atoms with Crippen molar-refractivity contribution in [1.82, 2.24) is 4.72 Å². The maximum atomic E-state index is 12.4. The van der Waals surface area contributed by atoms with Crippen molar-refractivity contribution in [3.05, 3.63) is 27.7 Å². The first kappa shape index (κ1) is 18.3. The standard InChI is InChI=1S/C14H17Cl2NO3S/c1-3-11(4-2)17-21(19,20)14-12(15)8-10(6-5-7-18)9-13(14)16/h8-9,11,17-18H,3-4,7H2,1-2H3. The first-order valence-corrected chi connectivity index (χ1v) is 8.70. The molecule has 0 fully saturated rings. The van der Waals surface area contributed by atoms with E-state index in [0.29, 0.717) is 18.4 Å². The van der Waals surface area contributed by atoms with Crippen molar-refractivity contribution in [2.45, 2.75) is 37.6 Å². The Balaban J connectivity index is 3.24. The highest BCUT2D eigenvalue weighted by molar-refractivity contribution is 7.89. The number of rotatable bonds is 5. The van der Waals surface area contributed by atoms with Crippen molar-refractivity contribution in [2.75, 3.05) is 6.61 Å². The van der Waals surface area contributed by atoms with Crippen LogP contribution in [0.3, 0.4) is 0 Å². The summed E-state index contributed by atoms with van der Waals surface area (Å²) in [5.41, 5.74) is 0.445. The summed E-state index contributed by atoms with van der Waals surface area (Å²) in [6, 6.07) is 2.66. The van der Waals surface area contributed by atoms with Gasteiger partial charge in [-0.05, 0) is 25.0 Å². The second-order valence-electron chi connectivity index (χ2n) is 4.36. The molecular formula is C14H17Cl2NO3S. The van der Waals surface area contributed by atoms with Gasteiger partial charge in [0.2, 0.25) is 10.0 Å². The number of aliphatic hydroxyl groups is 1. The molecule has 0 bridgehead atoms. The third-order valence-electron chi connectivity index (χ3n) is 2.89. The van der Waals surface area contributed by atoms with Crippen LogP contribution in [0, 0.1) is 11.8 Å². The number of aliphatic hydroxyl groups excluding tert-OH is 1. The summed E-state index contributed by atoms with van der Waals surface area (Å²) >= 11 is 12.1. The molecule has 0 aliphatic carbocycles. The summed E-state index contributed by atoms with van der Waals surface area (Å²) in [5, 5.41) is 8.66. The van der Waals surface area contributed by atoms with Crippen LogP contribution < -0.4 is 4.72 Å². The van der Waals surface area contributed by atoms with Gasteiger partial charge in [-0.3, -0.25) is 0 Å². The molecule has 0 amide bonds. The van der Waals surface area contributed by atoms with E-state index in [1.165, 1.54) is 12.1 Å². The van der Waals surface area contributed by atoms with E-state index >= 15 is 0 Å². The zero-order chi connectivity index (χ0) is 16.0. The predicted molar refractivity (Wildman–Crippen MR) is 85.1 cm³/mol. The van der Waals surface area contributed by atoms with Gasteiger partial charge in [0, 0.05) is 11.6 Å². The highest BCUT2D eigenvalue weighted by Gasteiger charge is 2.24. The van der Waals surface area contributed by atoms with E-state index in [1.54, 1.807) is 0 Å². The van der Waals surface area contributed by atoms with Crippen LogP contribution in [0.2, 0.25) is 10.0 Å². The quantitative estimate of drug-likeness (QED) is 0.803. The summed E-state index contributed by atoms with van der Waals surface area (Å²) in [6.45, 7) is 3.49. The highest BCUT2D eigenvalue weighted by Crippen LogP contribution is 2.31. The molecule has 0 saturated heterocycles. The molecule has 0 saturated carbocycles. The smallest absolute Gasteiger partial charge is 0.243 e. The molecule has 0 spiro atoms. The van der Waals surface area contributed by atoms with Crippen LogP contribution in [0.4, 0.5) is 0 Å². The number of hydrogen-bond donors (Lipinski definition) is 2. The molecule has 0 atom stereocenters. The fourth-order valence-electron chi connectivity index (χ4n) is 1.76. The molecule has 1 aromatic rings. The SMILES string of the molecule is CCC(CC)NS(=O)(=O)c1c(Cl)cc(C#CCO)cc1Cl. The van der Waals surface area contributed by atoms with Gasteiger partial charge in [-0.1, -0.05) is 48.9 Å². The van der Waals surface area contributed by atoms with E-state index in [-0.39, 0.29) is 27.6 Å². The highest BCUT2D eigenvalue weighted by atomic mass is 35.5. The predicted octanol–water partition coefficient (Wildman–Crippen LogP) is 2.80. The number of sulfonamides is 1. The molecule has 2 N–H and O–H groups in total. The van der Waals surface area contributed by atoms with Crippen LogP contribution >= 0.6 is 23.2 Å². The van der Waals surface area contributed by atoms with Gasteiger partial charge in [0.1, 0.15) is 11.5 Å². The van der Waals surface area contributed by atoms with Crippen molar-refractivity contribution in [2.24, 2.45) is 0 Å². The maximum absolute atomic E-state index is 12.4. The Bertz CT molecular complexity index is 636. The molecule has 0 heterocycles. The molecular weight excluding hydrogens is 333 g/mol. The van der Waals surface area contributed by atoms with E-state index in [9.17, 15) is 8.42 Å². The van der Waals surface area contributed by atoms with Crippen molar-refractivity contribution >= 4 is 33.2 Å². The number of halogens is 2. The lowest BCUT2D eigenvalue weighted by molar-refractivity contribution is 0.350. The molecule has 0 aromatic heterocycles. The molecule has 0 aliphatic rings. The molecule has 0 radical (unpaired) electrons. The number of hydrogen-bond acceptors (Lipinski definition) is 3. The lowest BCUT2D eigenvalue weighted by atomic mass is 10.2. The topological polar surface area (TPSA) is 66.4 Å². The van der Waals surface area contributed by atoms with E-state index in [2.05, 4.69) is 16.6 Å². The van der Waals surface area contributed by atoms with Gasteiger partial charge in [-0.25, -0.2) is 13.1 Å². The molecule has 1 rings (SSSR count). The number of nitrogens with one attached hydrogen (secondary N) is 1. The van der Waals surface area contributed by atoms with Crippen molar-refractivity contribution in [1.29, 1.82) is 0 Å². The Kier molecular flexibility index (Phi) is 6.98. The minimum Gasteiger partial charge on any atom is -0.384 e. The van der Waals surface area contributed by atoms with E-state index in [0.717, 1.165) is 0 Å². The Morgan fingerprint density at radius 2 is 1.76 bits per heavy atom. The molecule has 116 valence electrons. The van der Waals surface area contributed by atoms with Crippen molar-refractivity contribution < 1.29 is 13.5 Å². The third kappa shape index (κ3) is 4.87. The van der Waals surface area contributed by atoms with E-state index in [1.807, 2.05) is 13.8 Å². The number of benzene rings is 1. The van der Waals surface area contributed by atoms with Gasteiger partial charge < -0.3 is 5.11 Å². The van der Waals surface area contributed by atoms with Crippen LogP contribution in [0.5, 0.6) is 0 Å². The Hall–Kier alpha value is -0.770. The normalized spacial score (nSPS) is 11.3. The van der Waals surface area contributed by atoms with Gasteiger partial charge >= 0.3 is 0 Å². The van der Waals surface area contributed by atoms with Crippen LogP contribution in [0.25, 0.3) is 0 Å². The van der Waals surface area contributed by atoms with Crippen molar-refractivity contribution in [3.8, 4) is 11.8 Å². The second kappa shape index (κ2) is 8.02. The summed E-state index contributed by atoms with van der Waals surface area (Å²) < 4.78 is 27.3. The lowest BCUT2D eigenvalue weighted by Gasteiger charge is -2.16. The van der Waals surface area contributed by atoms with Gasteiger partial charge in [-0.15, -0.1) is 0 Å². The van der Waals surface area contributed by atoms with E-state index < -0.39 is 10.0 Å². The average Bonchev–Trinajstić information content (AvgIpc) is 2.41. The molecule has 1 aromatic carbocycles. The van der Waals surface area contributed by atoms with Gasteiger partial charge in [0.25, 0.3) is 0 Å². The van der Waals surface area contributed by atoms with Gasteiger partial charge in [0.05, 0.1) is 10.0 Å². The van der Waals surface area contributed by atoms with Crippen LogP contribution in [-0.4, -0.2) is 26.2 Å². The average molecular weight is 350 g/mol. The van der Waals surface area contributed by atoms with Crippen molar-refractivity contribution in [3.63, 3.8) is 0 Å². The Morgan fingerprint density at radius 1 is 1.24 bits per heavy atom. The lowest BCUT2D eigenvalue weighted by Crippen LogP contribution is -2.34. The summed E-state index contributed by atoms with van der Waals surface area (Å²) in [5.74, 6) is 5.08. The third-order valence-corrected chi connectivity index (χ3v) is 5.33. The fraction of sp³-hybridized carbons (Fsp3) is 0.429. The summed E-state index contributed by atoms with van der Waals surface area (Å²) in [4.78, 5) is -0.146. The molecule has 21 heavy (non-hydrogen) atoms. The zero-order valence-corrected chi connectivity index (χ0v) is 14.1. The van der Waals surface area contributed by atoms with Crippen LogP contribution in [0.1, 0.15) is 32.3 Å². The van der Waals surface area contributed by atoms with Gasteiger partial charge in [0.15, 0.2) is 0 Å². The van der Waals surface area contributed by atoms with Crippen LogP contribution in [-0.2, 0) is 10.0 Å². The summed E-state index contributed by atoms with van der Waals surface area (Å²) in [6.07, 6.45) is 1.34. The molecule has 4 nitrogen and oxygen atoms in total. The molecule has 0 unspecified atom stereocenters. The minimum absolute atomic E-state index is 0.00296. The molecule has 0 aliphatic heterocycles. The first-order chi connectivity index (χ1) is 9.85. The maximum Gasteiger partial charge on any atom is 0.243 e. The summed E-state index contributed by atoms with van der Waals surface area (Å²) in [7, 11) is -3.79.